The summed E-state index contributed by atoms with van der Waals surface area (Å²) in [6.07, 6.45) is 4.35. The summed E-state index contributed by atoms with van der Waals surface area (Å²) in [5.41, 5.74) is 1.69. The minimum atomic E-state index is -0.0153. The highest BCUT2D eigenvalue weighted by molar-refractivity contribution is 7.09. The number of thiophene rings is 1. The summed E-state index contributed by atoms with van der Waals surface area (Å²) in [5, 5.41) is 14.2. The fourth-order valence-electron chi connectivity index (χ4n) is 4.07. The number of tetrazole rings is 1. The summed E-state index contributed by atoms with van der Waals surface area (Å²) in [4.78, 5) is 26.2. The fraction of sp³-hybridized carbons (Fsp3) is 0.526. The van der Waals surface area contributed by atoms with Gasteiger partial charge in [-0.25, -0.2) is 9.67 Å². The molecule has 9 nitrogen and oxygen atoms in total. The number of aromatic amines is 1. The lowest BCUT2D eigenvalue weighted by Crippen LogP contribution is -2.38. The van der Waals surface area contributed by atoms with Crippen LogP contribution in [-0.2, 0) is 26.1 Å². The first-order valence-electron chi connectivity index (χ1n) is 10.1. The standard InChI is InChI=1S/C19H24N8OS/c28-18-15-12-25(13-17-22-23-24-27(17)11-14-5-4-10-29-14)9-6-16(15)20-19(21-18)26-7-2-1-3-8-26/h4-5,10H,1-3,6-9,11-13H2,(H,20,21,28). The molecule has 0 radical (unpaired) electrons. The number of piperidine rings is 1. The molecule has 0 saturated carbocycles. The lowest BCUT2D eigenvalue weighted by molar-refractivity contribution is 0.231. The second-order valence-electron chi connectivity index (χ2n) is 7.66. The zero-order valence-electron chi connectivity index (χ0n) is 16.3. The van der Waals surface area contributed by atoms with Gasteiger partial charge in [0.25, 0.3) is 5.56 Å². The number of rotatable bonds is 5. The second kappa shape index (κ2) is 8.03. The predicted octanol–water partition coefficient (Wildman–Crippen LogP) is 1.41. The third kappa shape index (κ3) is 3.95. The highest BCUT2D eigenvalue weighted by Gasteiger charge is 2.24. The molecule has 2 aliphatic heterocycles. The van der Waals surface area contributed by atoms with Gasteiger partial charge in [0.15, 0.2) is 5.82 Å². The molecule has 1 N–H and O–H groups in total. The normalized spacial score (nSPS) is 17.4. The molecule has 0 atom stereocenters. The zero-order chi connectivity index (χ0) is 19.6. The molecular formula is C19H24N8OS. The lowest BCUT2D eigenvalue weighted by Gasteiger charge is -2.30. The number of nitrogens with zero attached hydrogens (tertiary/aromatic N) is 7. The van der Waals surface area contributed by atoms with Gasteiger partial charge in [0, 0.05) is 37.5 Å². The largest absolute Gasteiger partial charge is 0.342 e. The molecule has 0 aliphatic carbocycles. The van der Waals surface area contributed by atoms with E-state index in [9.17, 15) is 4.79 Å². The van der Waals surface area contributed by atoms with E-state index in [2.05, 4.69) is 41.8 Å². The van der Waals surface area contributed by atoms with Crippen LogP contribution >= 0.6 is 11.3 Å². The van der Waals surface area contributed by atoms with Gasteiger partial charge < -0.3 is 4.90 Å². The van der Waals surface area contributed by atoms with Gasteiger partial charge in [0.2, 0.25) is 5.95 Å². The summed E-state index contributed by atoms with van der Waals surface area (Å²) >= 11 is 1.69. The quantitative estimate of drug-likeness (QED) is 0.677. The van der Waals surface area contributed by atoms with Crippen LogP contribution in [0.3, 0.4) is 0 Å². The molecule has 5 heterocycles. The van der Waals surface area contributed by atoms with Gasteiger partial charge in [0.05, 0.1) is 24.3 Å². The van der Waals surface area contributed by atoms with Gasteiger partial charge >= 0.3 is 0 Å². The van der Waals surface area contributed by atoms with Crippen molar-refractivity contribution in [1.29, 1.82) is 0 Å². The van der Waals surface area contributed by atoms with Crippen molar-refractivity contribution in [3.63, 3.8) is 0 Å². The smallest absolute Gasteiger partial charge is 0.257 e. The van der Waals surface area contributed by atoms with E-state index in [1.165, 1.54) is 11.3 Å². The van der Waals surface area contributed by atoms with Crippen LogP contribution in [0.25, 0.3) is 0 Å². The third-order valence-corrected chi connectivity index (χ3v) is 6.51. The summed E-state index contributed by atoms with van der Waals surface area (Å²) in [6.45, 7) is 4.65. The van der Waals surface area contributed by atoms with Gasteiger partial charge in [-0.3, -0.25) is 14.7 Å². The average molecular weight is 413 g/mol. The Balaban J connectivity index is 1.30. The Hall–Kier alpha value is -2.59. The Kier molecular flexibility index (Phi) is 5.11. The summed E-state index contributed by atoms with van der Waals surface area (Å²) < 4.78 is 1.84. The zero-order valence-corrected chi connectivity index (χ0v) is 17.1. The summed E-state index contributed by atoms with van der Waals surface area (Å²) in [7, 11) is 0. The number of fused-ring (bicyclic) bond motifs is 1. The fourth-order valence-corrected chi connectivity index (χ4v) is 4.75. The number of H-pyrrole nitrogens is 1. The number of anilines is 1. The van der Waals surface area contributed by atoms with E-state index in [-0.39, 0.29) is 5.56 Å². The van der Waals surface area contributed by atoms with E-state index < -0.39 is 0 Å². The molecule has 3 aromatic heterocycles. The molecule has 10 heteroatoms. The van der Waals surface area contributed by atoms with Crippen molar-refractivity contribution in [1.82, 2.24) is 35.1 Å². The van der Waals surface area contributed by atoms with Crippen LogP contribution in [0.2, 0.25) is 0 Å². The third-order valence-electron chi connectivity index (χ3n) is 5.65. The van der Waals surface area contributed by atoms with Gasteiger partial charge in [0.1, 0.15) is 0 Å². The van der Waals surface area contributed by atoms with Crippen LogP contribution in [0.15, 0.2) is 22.3 Å². The van der Waals surface area contributed by atoms with Crippen molar-refractivity contribution in [2.24, 2.45) is 0 Å². The van der Waals surface area contributed by atoms with Gasteiger partial charge in [-0.05, 0) is 41.1 Å². The van der Waals surface area contributed by atoms with E-state index >= 15 is 0 Å². The highest BCUT2D eigenvalue weighted by Crippen LogP contribution is 2.20. The molecule has 0 aromatic carbocycles. The van der Waals surface area contributed by atoms with Crippen molar-refractivity contribution >= 4 is 17.3 Å². The molecule has 29 heavy (non-hydrogen) atoms. The van der Waals surface area contributed by atoms with E-state index in [0.717, 1.165) is 61.9 Å². The Morgan fingerprint density at radius 2 is 2.03 bits per heavy atom. The second-order valence-corrected chi connectivity index (χ2v) is 8.69. The molecule has 0 amide bonds. The summed E-state index contributed by atoms with van der Waals surface area (Å²) in [5.74, 6) is 1.55. The van der Waals surface area contributed by atoms with E-state index in [1.54, 1.807) is 11.3 Å². The van der Waals surface area contributed by atoms with Crippen molar-refractivity contribution in [2.75, 3.05) is 24.5 Å². The van der Waals surface area contributed by atoms with Crippen LogP contribution in [-0.4, -0.2) is 54.7 Å². The molecule has 2 aliphatic rings. The maximum atomic E-state index is 12.8. The molecule has 0 spiro atoms. The molecule has 152 valence electrons. The van der Waals surface area contributed by atoms with Crippen molar-refractivity contribution in [2.45, 2.75) is 45.3 Å². The molecule has 1 saturated heterocycles. The van der Waals surface area contributed by atoms with E-state index in [0.29, 0.717) is 19.6 Å². The molecule has 1 fully saturated rings. The number of nitrogens with one attached hydrogen (secondary N) is 1. The SMILES string of the molecule is O=c1[nH]c(N2CCCCC2)nc2c1CN(Cc1nnnn1Cc1cccs1)CC2. The van der Waals surface area contributed by atoms with Crippen LogP contribution in [0.1, 0.15) is 41.2 Å². The van der Waals surface area contributed by atoms with Gasteiger partial charge in [-0.2, -0.15) is 0 Å². The first-order valence-corrected chi connectivity index (χ1v) is 11.0. The number of hydrogen-bond acceptors (Lipinski definition) is 8. The topological polar surface area (TPSA) is 95.8 Å². The predicted molar refractivity (Wildman–Crippen MR) is 110 cm³/mol. The molecule has 3 aromatic rings. The Morgan fingerprint density at radius 1 is 1.14 bits per heavy atom. The average Bonchev–Trinajstić information content (AvgIpc) is 3.42. The Labute approximate surface area is 172 Å². The maximum Gasteiger partial charge on any atom is 0.257 e. The monoisotopic (exact) mass is 412 g/mol. The number of aromatic nitrogens is 6. The van der Waals surface area contributed by atoms with Crippen LogP contribution < -0.4 is 10.5 Å². The minimum Gasteiger partial charge on any atom is -0.342 e. The van der Waals surface area contributed by atoms with Crippen LogP contribution in [0.5, 0.6) is 0 Å². The van der Waals surface area contributed by atoms with Crippen molar-refractivity contribution < 1.29 is 0 Å². The van der Waals surface area contributed by atoms with Crippen LogP contribution in [0, 0.1) is 0 Å². The van der Waals surface area contributed by atoms with Crippen LogP contribution in [0.4, 0.5) is 5.95 Å². The molecule has 0 unspecified atom stereocenters. The molecule has 0 bridgehead atoms. The Bertz CT molecular complexity index is 1020. The highest BCUT2D eigenvalue weighted by atomic mass is 32.1. The Morgan fingerprint density at radius 3 is 2.86 bits per heavy atom. The number of hydrogen-bond donors (Lipinski definition) is 1. The van der Waals surface area contributed by atoms with Gasteiger partial charge in [-0.15, -0.1) is 16.4 Å². The first kappa shape index (κ1) is 18.4. The lowest BCUT2D eigenvalue weighted by atomic mass is 10.1. The maximum absolute atomic E-state index is 12.8. The first-order chi connectivity index (χ1) is 14.3. The van der Waals surface area contributed by atoms with E-state index in [1.807, 2.05) is 10.7 Å². The summed E-state index contributed by atoms with van der Waals surface area (Å²) in [6, 6.07) is 4.11. The minimum absolute atomic E-state index is 0.0153. The van der Waals surface area contributed by atoms with Crippen molar-refractivity contribution in [3.05, 3.63) is 49.8 Å². The van der Waals surface area contributed by atoms with Crippen molar-refractivity contribution in [3.8, 4) is 0 Å². The molecule has 5 rings (SSSR count). The van der Waals surface area contributed by atoms with Gasteiger partial charge in [-0.1, -0.05) is 6.07 Å². The molecular weight excluding hydrogens is 388 g/mol. The van der Waals surface area contributed by atoms with E-state index in [4.69, 9.17) is 4.98 Å².